The third-order valence-corrected chi connectivity index (χ3v) is 7.24. The summed E-state index contributed by atoms with van der Waals surface area (Å²) in [6.07, 6.45) is 3.26. The van der Waals surface area contributed by atoms with E-state index in [1.807, 2.05) is 20.8 Å². The third-order valence-electron chi connectivity index (χ3n) is 4.63. The summed E-state index contributed by atoms with van der Waals surface area (Å²) in [7, 11) is -3.79. The van der Waals surface area contributed by atoms with E-state index in [4.69, 9.17) is 36.9 Å². The smallest absolute Gasteiger partial charge is 0.296 e. The van der Waals surface area contributed by atoms with Crippen molar-refractivity contribution in [3.05, 3.63) is 29.8 Å². The summed E-state index contributed by atoms with van der Waals surface area (Å²) in [4.78, 5) is 0.134. The molecule has 8 heteroatoms. The highest BCUT2D eigenvalue weighted by Crippen LogP contribution is 2.42. The molecule has 0 amide bonds. The maximum absolute atomic E-state index is 12.2. The Morgan fingerprint density at radius 2 is 1.85 bits per heavy atom. The lowest BCUT2D eigenvalue weighted by molar-refractivity contribution is -0.219. The van der Waals surface area contributed by atoms with E-state index in [-0.39, 0.29) is 17.8 Å². The number of aryl methyl sites for hydroxylation is 1. The highest BCUT2D eigenvalue weighted by atomic mass is 35.5. The molecule has 5 nitrogen and oxygen atoms in total. The zero-order chi connectivity index (χ0) is 20.1. The second-order valence-corrected chi connectivity index (χ2v) is 10.4. The topological polar surface area (TPSA) is 61.8 Å². The Morgan fingerprint density at radius 1 is 1.19 bits per heavy atom. The number of benzene rings is 1. The first kappa shape index (κ1) is 22.9. The summed E-state index contributed by atoms with van der Waals surface area (Å²) in [5.74, 6) is 0. The lowest BCUT2D eigenvalue weighted by Gasteiger charge is -2.40. The average molecular weight is 439 g/mol. The molecule has 0 aliphatic carbocycles. The number of hydrogen-bond acceptors (Lipinski definition) is 5. The van der Waals surface area contributed by atoms with Crippen LogP contribution in [0.4, 0.5) is 0 Å². The van der Waals surface area contributed by atoms with Crippen LogP contribution in [0.5, 0.6) is 0 Å². The normalized spacial score (nSPS) is 19.2. The van der Waals surface area contributed by atoms with E-state index in [0.29, 0.717) is 19.4 Å². The molecule has 1 fully saturated rings. The summed E-state index contributed by atoms with van der Waals surface area (Å²) < 4.78 is 39.9. The lowest BCUT2D eigenvalue weighted by atomic mass is 9.99. The predicted octanol–water partition coefficient (Wildman–Crippen LogP) is 4.98. The summed E-state index contributed by atoms with van der Waals surface area (Å²) in [5.41, 5.74) is 0.126. The molecule has 1 atom stereocenters. The zero-order valence-electron chi connectivity index (χ0n) is 16.0. The summed E-state index contributed by atoms with van der Waals surface area (Å²) in [6, 6.07) is 6.51. The van der Waals surface area contributed by atoms with Crippen molar-refractivity contribution in [2.75, 3.05) is 13.2 Å². The fourth-order valence-corrected chi connectivity index (χ4v) is 4.05. The van der Waals surface area contributed by atoms with Gasteiger partial charge in [0.2, 0.25) is 0 Å². The van der Waals surface area contributed by atoms with E-state index in [0.717, 1.165) is 24.8 Å². The van der Waals surface area contributed by atoms with Gasteiger partial charge in [-0.1, -0.05) is 40.9 Å². The SMILES string of the molecule is Cc1ccc(S(=O)(=O)OCCCC(Cl)(Cl)C(C)(C)OC2CCCCO2)cc1. The van der Waals surface area contributed by atoms with Crippen LogP contribution in [0.3, 0.4) is 0 Å². The third kappa shape index (κ3) is 6.58. The minimum absolute atomic E-state index is 0.00654. The number of rotatable bonds is 9. The fraction of sp³-hybridized carbons (Fsp3) is 0.684. The van der Waals surface area contributed by atoms with Gasteiger partial charge >= 0.3 is 0 Å². The Morgan fingerprint density at radius 3 is 2.44 bits per heavy atom. The molecule has 1 aliphatic heterocycles. The molecule has 0 saturated carbocycles. The van der Waals surface area contributed by atoms with Crippen molar-refractivity contribution in [1.82, 2.24) is 0 Å². The average Bonchev–Trinajstić information content (AvgIpc) is 2.59. The van der Waals surface area contributed by atoms with E-state index in [2.05, 4.69) is 0 Å². The molecule has 154 valence electrons. The van der Waals surface area contributed by atoms with Gasteiger partial charge in [0.1, 0.15) is 4.33 Å². The van der Waals surface area contributed by atoms with Gasteiger partial charge in [0, 0.05) is 6.61 Å². The van der Waals surface area contributed by atoms with Gasteiger partial charge in [0.05, 0.1) is 17.1 Å². The second kappa shape index (κ2) is 9.42. The molecule has 1 aromatic carbocycles. The van der Waals surface area contributed by atoms with Gasteiger partial charge in [-0.3, -0.25) is 4.18 Å². The molecule has 1 aliphatic rings. The van der Waals surface area contributed by atoms with E-state index in [1.54, 1.807) is 12.1 Å². The Balaban J connectivity index is 1.84. The molecule has 0 spiro atoms. The molecule has 1 saturated heterocycles. The molecule has 0 aromatic heterocycles. The van der Waals surface area contributed by atoms with Crippen molar-refractivity contribution in [3.8, 4) is 0 Å². The zero-order valence-corrected chi connectivity index (χ0v) is 18.4. The highest BCUT2D eigenvalue weighted by Gasteiger charge is 2.44. The number of halogens is 2. The van der Waals surface area contributed by atoms with Crippen LogP contribution in [0.2, 0.25) is 0 Å². The van der Waals surface area contributed by atoms with Crippen LogP contribution >= 0.6 is 23.2 Å². The molecule has 2 rings (SSSR count). The van der Waals surface area contributed by atoms with Crippen LogP contribution in [-0.4, -0.2) is 37.9 Å². The van der Waals surface area contributed by atoms with Crippen LogP contribution in [0, 0.1) is 6.92 Å². The van der Waals surface area contributed by atoms with Crippen molar-refractivity contribution < 1.29 is 22.1 Å². The van der Waals surface area contributed by atoms with E-state index < -0.39 is 20.1 Å². The minimum Gasteiger partial charge on any atom is -0.353 e. The maximum Gasteiger partial charge on any atom is 0.296 e. The summed E-state index contributed by atoms with van der Waals surface area (Å²) in [6.45, 7) is 6.18. The minimum atomic E-state index is -3.79. The van der Waals surface area contributed by atoms with Crippen molar-refractivity contribution in [2.45, 2.75) is 74.0 Å². The molecule has 1 heterocycles. The second-order valence-electron chi connectivity index (χ2n) is 7.32. The Labute approximate surface area is 172 Å². The monoisotopic (exact) mass is 438 g/mol. The van der Waals surface area contributed by atoms with Crippen LogP contribution < -0.4 is 0 Å². The summed E-state index contributed by atoms with van der Waals surface area (Å²) in [5, 5.41) is 0. The van der Waals surface area contributed by atoms with Crippen molar-refractivity contribution in [2.24, 2.45) is 0 Å². The Hall–Kier alpha value is -0.370. The molecule has 0 bridgehead atoms. The van der Waals surface area contributed by atoms with Crippen molar-refractivity contribution in [1.29, 1.82) is 0 Å². The van der Waals surface area contributed by atoms with Crippen molar-refractivity contribution in [3.63, 3.8) is 0 Å². The number of alkyl halides is 2. The lowest BCUT2D eigenvalue weighted by Crippen LogP contribution is -2.47. The number of hydrogen-bond donors (Lipinski definition) is 0. The van der Waals surface area contributed by atoms with E-state index in [9.17, 15) is 8.42 Å². The standard InChI is InChI=1S/C19H28Cl2O5S/c1-15-8-10-16(11-9-15)27(22,23)25-14-6-12-19(20,21)18(2,3)26-17-7-4-5-13-24-17/h8-11,17H,4-7,12-14H2,1-3H3. The molecular formula is C19H28Cl2O5S. The van der Waals surface area contributed by atoms with Gasteiger partial charge in [0.15, 0.2) is 6.29 Å². The molecule has 0 radical (unpaired) electrons. The van der Waals surface area contributed by atoms with Crippen LogP contribution in [0.15, 0.2) is 29.2 Å². The first-order valence-electron chi connectivity index (χ1n) is 9.17. The fourth-order valence-electron chi connectivity index (χ4n) is 2.76. The first-order valence-corrected chi connectivity index (χ1v) is 11.3. The molecule has 0 N–H and O–H groups in total. The largest absolute Gasteiger partial charge is 0.353 e. The Bertz CT molecular complexity index is 695. The van der Waals surface area contributed by atoms with Crippen LogP contribution in [0.25, 0.3) is 0 Å². The highest BCUT2D eigenvalue weighted by molar-refractivity contribution is 7.86. The predicted molar refractivity (Wildman–Crippen MR) is 107 cm³/mol. The molecular weight excluding hydrogens is 411 g/mol. The van der Waals surface area contributed by atoms with Gasteiger partial charge in [-0.15, -0.1) is 0 Å². The van der Waals surface area contributed by atoms with E-state index >= 15 is 0 Å². The van der Waals surface area contributed by atoms with Crippen molar-refractivity contribution >= 4 is 33.3 Å². The van der Waals surface area contributed by atoms with E-state index in [1.165, 1.54) is 12.1 Å². The van der Waals surface area contributed by atoms with Gasteiger partial charge < -0.3 is 9.47 Å². The van der Waals surface area contributed by atoms with Gasteiger partial charge in [-0.05, 0) is 65.0 Å². The molecule has 1 aromatic rings. The molecule has 27 heavy (non-hydrogen) atoms. The van der Waals surface area contributed by atoms with Gasteiger partial charge in [0.25, 0.3) is 10.1 Å². The summed E-state index contributed by atoms with van der Waals surface area (Å²) >= 11 is 13.0. The van der Waals surface area contributed by atoms with Gasteiger partial charge in [-0.25, -0.2) is 0 Å². The molecule has 1 unspecified atom stereocenters. The maximum atomic E-state index is 12.2. The Kier molecular flexibility index (Phi) is 7.99. The van der Waals surface area contributed by atoms with Crippen LogP contribution in [0.1, 0.15) is 51.5 Å². The van der Waals surface area contributed by atoms with Gasteiger partial charge in [-0.2, -0.15) is 8.42 Å². The first-order chi connectivity index (χ1) is 12.5. The number of ether oxygens (including phenoxy) is 2. The van der Waals surface area contributed by atoms with Crippen LogP contribution in [-0.2, 0) is 23.8 Å². The quantitative estimate of drug-likeness (QED) is 0.309.